The van der Waals surface area contributed by atoms with Crippen molar-refractivity contribution in [3.8, 4) is 0 Å². The molecule has 0 radical (unpaired) electrons. The van der Waals surface area contributed by atoms with Crippen LogP contribution in [0.1, 0.15) is 43.7 Å². The van der Waals surface area contributed by atoms with E-state index in [1.54, 1.807) is 11.3 Å². The molecule has 1 N–H and O–H groups in total. The molecule has 1 atom stereocenters. The van der Waals surface area contributed by atoms with Gasteiger partial charge in [-0.25, -0.2) is 4.98 Å². The quantitative estimate of drug-likeness (QED) is 0.753. The molecular weight excluding hydrogens is 216 g/mol. The Bertz CT molecular complexity index is 283. The Morgan fingerprint density at radius 1 is 1.38 bits per heavy atom. The summed E-state index contributed by atoms with van der Waals surface area (Å²) in [5.41, 5.74) is 3.19. The van der Waals surface area contributed by atoms with E-state index in [4.69, 9.17) is 0 Å². The van der Waals surface area contributed by atoms with E-state index in [1.807, 2.05) is 5.51 Å². The van der Waals surface area contributed by atoms with Crippen molar-refractivity contribution in [2.45, 2.75) is 46.5 Å². The Labute approximate surface area is 103 Å². The van der Waals surface area contributed by atoms with Crippen molar-refractivity contribution in [3.05, 3.63) is 16.1 Å². The molecule has 0 fully saturated rings. The maximum absolute atomic E-state index is 4.31. The number of rotatable bonds is 8. The van der Waals surface area contributed by atoms with Gasteiger partial charge in [0.2, 0.25) is 0 Å². The highest BCUT2D eigenvalue weighted by molar-refractivity contribution is 7.09. The molecule has 92 valence electrons. The number of hydrogen-bond acceptors (Lipinski definition) is 3. The number of aromatic nitrogens is 1. The molecule has 1 heterocycles. The van der Waals surface area contributed by atoms with Crippen molar-refractivity contribution < 1.29 is 0 Å². The zero-order valence-electron chi connectivity index (χ0n) is 10.8. The fraction of sp³-hybridized carbons (Fsp3) is 0.769. The highest BCUT2D eigenvalue weighted by Crippen LogP contribution is 2.19. The van der Waals surface area contributed by atoms with Gasteiger partial charge in [-0.2, -0.15) is 0 Å². The zero-order valence-corrected chi connectivity index (χ0v) is 11.6. The smallest absolute Gasteiger partial charge is 0.0797 e. The first-order chi connectivity index (χ1) is 7.77. The Morgan fingerprint density at radius 3 is 2.75 bits per heavy atom. The van der Waals surface area contributed by atoms with E-state index in [9.17, 15) is 0 Å². The summed E-state index contributed by atoms with van der Waals surface area (Å²) in [6.07, 6.45) is 5.12. The standard InChI is InChI=1S/C13H24N2S/c1-4-6-12(9-14-5-2)7-8-13-11(3)15-10-16-13/h10,12,14H,4-9H2,1-3H3. The summed E-state index contributed by atoms with van der Waals surface area (Å²) < 4.78 is 0. The van der Waals surface area contributed by atoms with Crippen molar-refractivity contribution in [3.63, 3.8) is 0 Å². The summed E-state index contributed by atoms with van der Waals surface area (Å²) in [4.78, 5) is 5.78. The first-order valence-corrected chi connectivity index (χ1v) is 7.25. The first-order valence-electron chi connectivity index (χ1n) is 6.37. The number of aryl methyl sites for hydroxylation is 2. The van der Waals surface area contributed by atoms with Gasteiger partial charge in [-0.15, -0.1) is 11.3 Å². The van der Waals surface area contributed by atoms with E-state index in [0.717, 1.165) is 12.5 Å². The van der Waals surface area contributed by atoms with E-state index in [2.05, 4.69) is 31.1 Å². The molecule has 1 unspecified atom stereocenters. The van der Waals surface area contributed by atoms with Crippen LogP contribution in [0.5, 0.6) is 0 Å². The predicted octanol–water partition coefficient (Wildman–Crippen LogP) is 3.41. The molecule has 0 aliphatic carbocycles. The summed E-state index contributed by atoms with van der Waals surface area (Å²) >= 11 is 1.80. The minimum Gasteiger partial charge on any atom is -0.317 e. The topological polar surface area (TPSA) is 24.9 Å². The molecule has 0 saturated carbocycles. The van der Waals surface area contributed by atoms with Crippen LogP contribution in [0.3, 0.4) is 0 Å². The maximum atomic E-state index is 4.31. The van der Waals surface area contributed by atoms with Crippen LogP contribution in [-0.2, 0) is 6.42 Å². The Morgan fingerprint density at radius 2 is 2.19 bits per heavy atom. The number of thiazole rings is 1. The first kappa shape index (κ1) is 13.7. The van der Waals surface area contributed by atoms with Gasteiger partial charge in [0, 0.05) is 4.88 Å². The minimum atomic E-state index is 0.825. The van der Waals surface area contributed by atoms with Gasteiger partial charge in [-0.1, -0.05) is 20.3 Å². The molecule has 0 aromatic carbocycles. The van der Waals surface area contributed by atoms with Gasteiger partial charge in [0.15, 0.2) is 0 Å². The molecule has 1 rings (SSSR count). The van der Waals surface area contributed by atoms with E-state index in [1.165, 1.54) is 42.8 Å². The van der Waals surface area contributed by atoms with Crippen LogP contribution in [0.15, 0.2) is 5.51 Å². The molecule has 0 aliphatic rings. The van der Waals surface area contributed by atoms with Crippen LogP contribution in [-0.4, -0.2) is 18.1 Å². The van der Waals surface area contributed by atoms with Gasteiger partial charge in [-0.3, -0.25) is 0 Å². The second-order valence-electron chi connectivity index (χ2n) is 4.36. The van der Waals surface area contributed by atoms with E-state index in [-0.39, 0.29) is 0 Å². The number of nitrogens with one attached hydrogen (secondary N) is 1. The molecule has 3 heteroatoms. The third-order valence-corrected chi connectivity index (χ3v) is 4.00. The summed E-state index contributed by atoms with van der Waals surface area (Å²) in [5.74, 6) is 0.825. The summed E-state index contributed by atoms with van der Waals surface area (Å²) in [5, 5.41) is 3.47. The average molecular weight is 240 g/mol. The fourth-order valence-corrected chi connectivity index (χ4v) is 2.80. The van der Waals surface area contributed by atoms with Crippen LogP contribution in [0, 0.1) is 12.8 Å². The van der Waals surface area contributed by atoms with Gasteiger partial charge >= 0.3 is 0 Å². The lowest BCUT2D eigenvalue weighted by Gasteiger charge is -2.15. The third kappa shape index (κ3) is 4.62. The lowest BCUT2D eigenvalue weighted by molar-refractivity contribution is 0.420. The maximum Gasteiger partial charge on any atom is 0.0797 e. The molecule has 1 aromatic rings. The highest BCUT2D eigenvalue weighted by atomic mass is 32.1. The van der Waals surface area contributed by atoms with Crippen molar-refractivity contribution in [1.82, 2.24) is 10.3 Å². The molecule has 0 spiro atoms. The largest absolute Gasteiger partial charge is 0.317 e. The molecule has 0 amide bonds. The molecule has 0 aliphatic heterocycles. The highest BCUT2D eigenvalue weighted by Gasteiger charge is 2.09. The van der Waals surface area contributed by atoms with Crippen molar-refractivity contribution in [2.75, 3.05) is 13.1 Å². The summed E-state index contributed by atoms with van der Waals surface area (Å²) in [7, 11) is 0. The summed E-state index contributed by atoms with van der Waals surface area (Å²) in [6, 6.07) is 0. The molecule has 2 nitrogen and oxygen atoms in total. The Kier molecular flexibility index (Phi) is 6.65. The second-order valence-corrected chi connectivity index (χ2v) is 5.30. The average Bonchev–Trinajstić information content (AvgIpc) is 2.68. The number of nitrogens with zero attached hydrogens (tertiary/aromatic N) is 1. The molecule has 16 heavy (non-hydrogen) atoms. The van der Waals surface area contributed by atoms with Crippen LogP contribution >= 0.6 is 11.3 Å². The van der Waals surface area contributed by atoms with E-state index < -0.39 is 0 Å². The van der Waals surface area contributed by atoms with E-state index in [0.29, 0.717) is 0 Å². The second kappa shape index (κ2) is 7.80. The fourth-order valence-electron chi connectivity index (χ4n) is 2.01. The van der Waals surface area contributed by atoms with Gasteiger partial charge in [0.1, 0.15) is 0 Å². The normalized spacial score (nSPS) is 12.9. The Balaban J connectivity index is 2.34. The van der Waals surface area contributed by atoms with Gasteiger partial charge in [-0.05, 0) is 45.2 Å². The molecule has 1 aromatic heterocycles. The zero-order chi connectivity index (χ0) is 11.8. The predicted molar refractivity (Wildman–Crippen MR) is 72.1 cm³/mol. The lowest BCUT2D eigenvalue weighted by atomic mass is 9.97. The van der Waals surface area contributed by atoms with Crippen LogP contribution in [0.4, 0.5) is 0 Å². The van der Waals surface area contributed by atoms with Gasteiger partial charge < -0.3 is 5.32 Å². The van der Waals surface area contributed by atoms with Gasteiger partial charge in [0.05, 0.1) is 11.2 Å². The van der Waals surface area contributed by atoms with Crippen molar-refractivity contribution >= 4 is 11.3 Å². The van der Waals surface area contributed by atoms with Crippen molar-refractivity contribution in [1.29, 1.82) is 0 Å². The minimum absolute atomic E-state index is 0.825. The van der Waals surface area contributed by atoms with Crippen LogP contribution in [0.25, 0.3) is 0 Å². The monoisotopic (exact) mass is 240 g/mol. The molecule has 0 bridgehead atoms. The molecular formula is C13H24N2S. The van der Waals surface area contributed by atoms with Crippen LogP contribution in [0.2, 0.25) is 0 Å². The van der Waals surface area contributed by atoms with Crippen LogP contribution < -0.4 is 5.32 Å². The summed E-state index contributed by atoms with van der Waals surface area (Å²) in [6.45, 7) is 8.82. The van der Waals surface area contributed by atoms with E-state index >= 15 is 0 Å². The lowest BCUT2D eigenvalue weighted by Crippen LogP contribution is -2.22. The van der Waals surface area contributed by atoms with Crippen molar-refractivity contribution in [2.24, 2.45) is 5.92 Å². The Hall–Kier alpha value is -0.410. The SMILES string of the molecule is CCCC(CCc1scnc1C)CNCC. The number of hydrogen-bond donors (Lipinski definition) is 1. The molecule has 0 saturated heterocycles. The van der Waals surface area contributed by atoms with Gasteiger partial charge in [0.25, 0.3) is 0 Å². The third-order valence-electron chi connectivity index (χ3n) is 3.00.